The largest absolute Gasteiger partial charge is 0.352 e. The molecule has 3 rings (SSSR count). The zero-order valence-corrected chi connectivity index (χ0v) is 12.3. The molecule has 1 fully saturated rings. The van der Waals surface area contributed by atoms with E-state index in [2.05, 4.69) is 21.4 Å². The summed E-state index contributed by atoms with van der Waals surface area (Å²) in [6, 6.07) is 0.317. The number of fused-ring (bicyclic) bond motifs is 1. The Labute approximate surface area is 122 Å². The first-order valence-electron chi connectivity index (χ1n) is 7.33. The third-order valence-electron chi connectivity index (χ3n) is 4.28. The van der Waals surface area contributed by atoms with Crippen molar-refractivity contribution >= 4 is 23.2 Å². The van der Waals surface area contributed by atoms with Crippen molar-refractivity contribution in [2.75, 3.05) is 6.54 Å². The smallest absolute Gasteiger partial charge is 0.239 e. The summed E-state index contributed by atoms with van der Waals surface area (Å²) >= 11 is 1.70. The number of thiophene rings is 1. The molecule has 2 aliphatic carbocycles. The second kappa shape index (κ2) is 5.95. The van der Waals surface area contributed by atoms with Crippen LogP contribution in [0.2, 0.25) is 0 Å². The zero-order valence-electron chi connectivity index (χ0n) is 11.5. The molecule has 0 saturated heterocycles. The van der Waals surface area contributed by atoms with E-state index in [-0.39, 0.29) is 24.3 Å². The Morgan fingerprint density at radius 1 is 1.15 bits per heavy atom. The van der Waals surface area contributed by atoms with Crippen molar-refractivity contribution < 1.29 is 9.59 Å². The second-order valence-corrected chi connectivity index (χ2v) is 6.54. The third-order valence-corrected chi connectivity index (χ3v) is 5.12. The Morgan fingerprint density at radius 3 is 2.45 bits per heavy atom. The first-order chi connectivity index (χ1) is 9.72. The lowest BCUT2D eigenvalue weighted by molar-refractivity contribution is -0.128. The fraction of sp³-hybridized carbons (Fsp3) is 0.600. The molecule has 2 N–H and O–H groups in total. The maximum absolute atomic E-state index is 12.1. The predicted octanol–water partition coefficient (Wildman–Crippen LogP) is 1.64. The van der Waals surface area contributed by atoms with Gasteiger partial charge in [-0.05, 0) is 47.6 Å². The van der Waals surface area contributed by atoms with Gasteiger partial charge in [0, 0.05) is 12.0 Å². The minimum absolute atomic E-state index is 0.00711. The van der Waals surface area contributed by atoms with Crippen molar-refractivity contribution in [2.24, 2.45) is 5.92 Å². The van der Waals surface area contributed by atoms with Gasteiger partial charge >= 0.3 is 0 Å². The minimum Gasteiger partial charge on any atom is -0.352 e. The summed E-state index contributed by atoms with van der Waals surface area (Å²) in [4.78, 5) is 23.8. The van der Waals surface area contributed by atoms with Gasteiger partial charge in [-0.2, -0.15) is 11.3 Å². The molecular formula is C15H20N2O2S. The maximum atomic E-state index is 12.1. The van der Waals surface area contributed by atoms with Crippen LogP contribution in [0.25, 0.3) is 0 Å². The summed E-state index contributed by atoms with van der Waals surface area (Å²) in [6.45, 7) is 0.110. The van der Waals surface area contributed by atoms with Gasteiger partial charge in [-0.15, -0.1) is 0 Å². The van der Waals surface area contributed by atoms with Crippen LogP contribution in [0, 0.1) is 5.92 Å². The molecule has 0 aliphatic heterocycles. The highest BCUT2D eigenvalue weighted by Crippen LogP contribution is 2.29. The average molecular weight is 292 g/mol. The molecule has 2 aliphatic rings. The molecule has 0 unspecified atom stereocenters. The Morgan fingerprint density at radius 2 is 1.80 bits per heavy atom. The van der Waals surface area contributed by atoms with Gasteiger partial charge in [0.05, 0.1) is 6.54 Å². The first kappa shape index (κ1) is 13.6. The fourth-order valence-corrected chi connectivity index (χ4v) is 4.05. The summed E-state index contributed by atoms with van der Waals surface area (Å²) in [6.07, 6.45) is 6.16. The molecule has 108 valence electrons. The van der Waals surface area contributed by atoms with E-state index in [0.29, 0.717) is 6.04 Å². The molecule has 20 heavy (non-hydrogen) atoms. The summed E-state index contributed by atoms with van der Waals surface area (Å²) in [7, 11) is 0. The molecule has 1 aromatic heterocycles. The van der Waals surface area contributed by atoms with E-state index in [0.717, 1.165) is 25.7 Å². The average Bonchev–Trinajstić information content (AvgIpc) is 3.11. The molecular weight excluding hydrogens is 272 g/mol. The number of hydrogen-bond donors (Lipinski definition) is 2. The normalized spacial score (nSPS) is 19.0. The fourth-order valence-electron chi connectivity index (χ4n) is 3.16. The maximum Gasteiger partial charge on any atom is 0.239 e. The monoisotopic (exact) mass is 292 g/mol. The molecule has 0 bridgehead atoms. The van der Waals surface area contributed by atoms with Crippen LogP contribution in [-0.4, -0.2) is 24.4 Å². The van der Waals surface area contributed by atoms with E-state index >= 15 is 0 Å². The number of amides is 2. The summed E-state index contributed by atoms with van der Waals surface area (Å²) in [5, 5.41) is 10.0. The Bertz CT molecular complexity index is 485. The molecule has 5 heteroatoms. The Balaban J connectivity index is 1.41. The van der Waals surface area contributed by atoms with Gasteiger partial charge in [-0.3, -0.25) is 9.59 Å². The van der Waals surface area contributed by atoms with E-state index in [9.17, 15) is 9.59 Å². The van der Waals surface area contributed by atoms with Gasteiger partial charge in [-0.1, -0.05) is 12.8 Å². The van der Waals surface area contributed by atoms with Crippen molar-refractivity contribution in [3.8, 4) is 0 Å². The van der Waals surface area contributed by atoms with Crippen LogP contribution < -0.4 is 10.6 Å². The number of nitrogens with one attached hydrogen (secondary N) is 2. The zero-order chi connectivity index (χ0) is 13.9. The molecule has 1 aromatic rings. The van der Waals surface area contributed by atoms with Crippen LogP contribution in [0.5, 0.6) is 0 Å². The number of hydrogen-bond acceptors (Lipinski definition) is 3. The molecule has 0 aromatic carbocycles. The van der Waals surface area contributed by atoms with Gasteiger partial charge in [0.15, 0.2) is 0 Å². The van der Waals surface area contributed by atoms with Gasteiger partial charge in [-0.25, -0.2) is 0 Å². The topological polar surface area (TPSA) is 58.2 Å². The molecule has 0 spiro atoms. The van der Waals surface area contributed by atoms with E-state index < -0.39 is 0 Å². The van der Waals surface area contributed by atoms with Crippen molar-refractivity contribution in [3.63, 3.8) is 0 Å². The summed E-state index contributed by atoms with van der Waals surface area (Å²) < 4.78 is 0. The number of carbonyl (C=O) groups is 2. The van der Waals surface area contributed by atoms with Crippen LogP contribution in [0.1, 0.15) is 36.8 Å². The van der Waals surface area contributed by atoms with Crippen LogP contribution in [0.3, 0.4) is 0 Å². The highest BCUT2D eigenvalue weighted by molar-refractivity contribution is 7.08. The second-order valence-electron chi connectivity index (χ2n) is 5.79. The van der Waals surface area contributed by atoms with E-state index in [1.54, 1.807) is 11.3 Å². The van der Waals surface area contributed by atoms with Crippen molar-refractivity contribution in [2.45, 2.75) is 44.6 Å². The SMILES string of the molecule is O=C(CNC(=O)C1Cc2cscc2C1)NC1CCCC1. The Hall–Kier alpha value is -1.36. The van der Waals surface area contributed by atoms with Gasteiger partial charge in [0.25, 0.3) is 0 Å². The lowest BCUT2D eigenvalue weighted by atomic mass is 10.1. The highest BCUT2D eigenvalue weighted by Gasteiger charge is 2.28. The van der Waals surface area contributed by atoms with Crippen molar-refractivity contribution in [3.05, 3.63) is 21.9 Å². The summed E-state index contributed by atoms with van der Waals surface area (Å²) in [5.41, 5.74) is 2.59. The lowest BCUT2D eigenvalue weighted by Crippen LogP contribution is -2.42. The predicted molar refractivity (Wildman–Crippen MR) is 78.6 cm³/mol. The van der Waals surface area contributed by atoms with Crippen LogP contribution in [0.4, 0.5) is 0 Å². The number of rotatable bonds is 4. The van der Waals surface area contributed by atoms with Gasteiger partial charge in [0.1, 0.15) is 0 Å². The van der Waals surface area contributed by atoms with Crippen LogP contribution >= 0.6 is 11.3 Å². The standard InChI is InChI=1S/C15H20N2O2S/c18-14(17-13-3-1-2-4-13)7-16-15(19)10-5-11-8-20-9-12(11)6-10/h8-10,13H,1-7H2,(H,16,19)(H,17,18). The third kappa shape index (κ3) is 3.03. The highest BCUT2D eigenvalue weighted by atomic mass is 32.1. The van der Waals surface area contributed by atoms with Crippen LogP contribution in [-0.2, 0) is 22.4 Å². The van der Waals surface area contributed by atoms with E-state index in [1.807, 2.05) is 0 Å². The molecule has 1 saturated carbocycles. The van der Waals surface area contributed by atoms with Gasteiger partial charge in [0.2, 0.25) is 11.8 Å². The first-order valence-corrected chi connectivity index (χ1v) is 8.27. The summed E-state index contributed by atoms with van der Waals surface area (Å²) in [5.74, 6) is -0.0436. The molecule has 4 nitrogen and oxygen atoms in total. The van der Waals surface area contributed by atoms with E-state index in [4.69, 9.17) is 0 Å². The van der Waals surface area contributed by atoms with Crippen LogP contribution in [0.15, 0.2) is 10.8 Å². The lowest BCUT2D eigenvalue weighted by Gasteiger charge is -2.14. The number of carbonyl (C=O) groups excluding carboxylic acids is 2. The molecule has 1 heterocycles. The van der Waals surface area contributed by atoms with Crippen molar-refractivity contribution in [1.29, 1.82) is 0 Å². The minimum atomic E-state index is -0.0579. The van der Waals surface area contributed by atoms with Gasteiger partial charge < -0.3 is 10.6 Å². The molecule has 2 amide bonds. The van der Waals surface area contributed by atoms with E-state index in [1.165, 1.54) is 24.0 Å². The quantitative estimate of drug-likeness (QED) is 0.886. The Kier molecular flexibility index (Phi) is 4.05. The molecule has 0 atom stereocenters. The molecule has 0 radical (unpaired) electrons. The van der Waals surface area contributed by atoms with Crippen molar-refractivity contribution in [1.82, 2.24) is 10.6 Å².